The van der Waals surface area contributed by atoms with Crippen molar-refractivity contribution in [1.82, 2.24) is 4.90 Å². The standard InChI is InChI=1S/C19H16FN3O3S/c20-16-2-1-3-17-15(16)12-18(27-17)19(24)22-10-8-21(9-11-22)13-4-6-14(7-5-13)23(25)26/h1-7,12H,8-11H2. The highest BCUT2D eigenvalue weighted by Crippen LogP contribution is 2.29. The number of hydrogen-bond donors (Lipinski definition) is 0. The van der Waals surface area contributed by atoms with Crippen molar-refractivity contribution >= 4 is 38.7 Å². The molecule has 0 aliphatic carbocycles. The van der Waals surface area contributed by atoms with Gasteiger partial charge < -0.3 is 9.80 Å². The van der Waals surface area contributed by atoms with E-state index in [0.29, 0.717) is 36.4 Å². The molecule has 0 radical (unpaired) electrons. The maximum absolute atomic E-state index is 13.9. The largest absolute Gasteiger partial charge is 0.368 e. The van der Waals surface area contributed by atoms with Crippen LogP contribution >= 0.6 is 11.3 Å². The lowest BCUT2D eigenvalue weighted by Crippen LogP contribution is -2.48. The summed E-state index contributed by atoms with van der Waals surface area (Å²) < 4.78 is 14.6. The van der Waals surface area contributed by atoms with Gasteiger partial charge in [0.2, 0.25) is 0 Å². The number of non-ortho nitro benzene ring substituents is 1. The molecule has 4 rings (SSSR count). The highest BCUT2D eigenvalue weighted by atomic mass is 32.1. The fourth-order valence-corrected chi connectivity index (χ4v) is 4.28. The summed E-state index contributed by atoms with van der Waals surface area (Å²) in [6.07, 6.45) is 0. The van der Waals surface area contributed by atoms with Crippen molar-refractivity contribution in [3.63, 3.8) is 0 Å². The van der Waals surface area contributed by atoms with Crippen LogP contribution in [0.3, 0.4) is 0 Å². The van der Waals surface area contributed by atoms with Gasteiger partial charge in [-0.2, -0.15) is 0 Å². The quantitative estimate of drug-likeness (QED) is 0.506. The molecule has 0 saturated carbocycles. The van der Waals surface area contributed by atoms with E-state index in [1.54, 1.807) is 29.2 Å². The van der Waals surface area contributed by atoms with Crippen LogP contribution in [0.15, 0.2) is 48.5 Å². The van der Waals surface area contributed by atoms with Gasteiger partial charge in [0.25, 0.3) is 11.6 Å². The van der Waals surface area contributed by atoms with E-state index < -0.39 is 4.92 Å². The summed E-state index contributed by atoms with van der Waals surface area (Å²) in [6, 6.07) is 12.9. The average molecular weight is 385 g/mol. The second kappa shape index (κ2) is 6.96. The van der Waals surface area contributed by atoms with Gasteiger partial charge in [-0.05, 0) is 30.3 Å². The van der Waals surface area contributed by atoms with Gasteiger partial charge in [-0.3, -0.25) is 14.9 Å². The van der Waals surface area contributed by atoms with Gasteiger partial charge in [-0.25, -0.2) is 4.39 Å². The van der Waals surface area contributed by atoms with Crippen LogP contribution in [0.25, 0.3) is 10.1 Å². The number of piperazine rings is 1. The summed E-state index contributed by atoms with van der Waals surface area (Å²) in [5, 5.41) is 11.2. The van der Waals surface area contributed by atoms with Gasteiger partial charge >= 0.3 is 0 Å². The molecule has 0 spiro atoms. The lowest BCUT2D eigenvalue weighted by molar-refractivity contribution is -0.384. The number of nitro groups is 1. The Balaban J connectivity index is 1.44. The van der Waals surface area contributed by atoms with Crippen molar-refractivity contribution in [2.24, 2.45) is 0 Å². The normalized spacial score (nSPS) is 14.6. The fraction of sp³-hybridized carbons (Fsp3) is 0.211. The van der Waals surface area contributed by atoms with Crippen LogP contribution in [0.2, 0.25) is 0 Å². The smallest absolute Gasteiger partial charge is 0.269 e. The minimum absolute atomic E-state index is 0.0598. The summed E-state index contributed by atoms with van der Waals surface area (Å²) in [5.41, 5.74) is 0.959. The third-order valence-electron chi connectivity index (χ3n) is 4.71. The van der Waals surface area contributed by atoms with Crippen molar-refractivity contribution in [1.29, 1.82) is 0 Å². The number of thiophene rings is 1. The molecule has 1 amide bonds. The van der Waals surface area contributed by atoms with Crippen LogP contribution in [-0.2, 0) is 0 Å². The first-order chi connectivity index (χ1) is 13.0. The molecular formula is C19H16FN3O3S. The average Bonchev–Trinajstić information content (AvgIpc) is 3.13. The van der Waals surface area contributed by atoms with Gasteiger partial charge in [0.15, 0.2) is 0 Å². The second-order valence-corrected chi connectivity index (χ2v) is 7.40. The van der Waals surface area contributed by atoms with E-state index in [0.717, 1.165) is 10.4 Å². The van der Waals surface area contributed by atoms with Gasteiger partial charge in [-0.1, -0.05) is 6.07 Å². The third-order valence-corrected chi connectivity index (χ3v) is 5.80. The summed E-state index contributed by atoms with van der Waals surface area (Å²) >= 11 is 1.31. The van der Waals surface area contributed by atoms with Crippen LogP contribution in [0.5, 0.6) is 0 Å². The Morgan fingerprint density at radius 1 is 1.07 bits per heavy atom. The topological polar surface area (TPSA) is 66.7 Å². The molecule has 1 aliphatic heterocycles. The second-order valence-electron chi connectivity index (χ2n) is 6.32. The Morgan fingerprint density at radius 2 is 1.78 bits per heavy atom. The number of fused-ring (bicyclic) bond motifs is 1. The highest BCUT2D eigenvalue weighted by Gasteiger charge is 2.24. The number of carbonyl (C=O) groups excluding carboxylic acids is 1. The number of nitro benzene ring substituents is 1. The molecule has 0 N–H and O–H groups in total. The molecule has 0 unspecified atom stereocenters. The predicted octanol–water partition coefficient (Wildman–Crippen LogP) is 3.91. The van der Waals surface area contributed by atoms with Crippen LogP contribution in [-0.4, -0.2) is 41.9 Å². The molecule has 6 nitrogen and oxygen atoms in total. The number of hydrogen-bond acceptors (Lipinski definition) is 5. The minimum atomic E-state index is -0.422. The van der Waals surface area contributed by atoms with Gasteiger partial charge in [0.05, 0.1) is 9.80 Å². The van der Waals surface area contributed by atoms with E-state index in [9.17, 15) is 19.3 Å². The van der Waals surface area contributed by atoms with Gasteiger partial charge in [-0.15, -0.1) is 11.3 Å². The summed E-state index contributed by atoms with van der Waals surface area (Å²) in [7, 11) is 0. The molecule has 2 heterocycles. The Hall–Kier alpha value is -3.00. The Morgan fingerprint density at radius 3 is 2.41 bits per heavy atom. The first kappa shape index (κ1) is 17.4. The van der Waals surface area contributed by atoms with Crippen LogP contribution < -0.4 is 4.90 Å². The molecule has 1 saturated heterocycles. The number of anilines is 1. The molecule has 2 aromatic carbocycles. The first-order valence-corrected chi connectivity index (χ1v) is 9.31. The molecular weight excluding hydrogens is 369 g/mol. The summed E-state index contributed by atoms with van der Waals surface area (Å²) in [5.74, 6) is -0.398. The van der Waals surface area contributed by atoms with Crippen molar-refractivity contribution in [3.8, 4) is 0 Å². The van der Waals surface area contributed by atoms with Crippen LogP contribution in [0, 0.1) is 15.9 Å². The van der Waals surface area contributed by atoms with Crippen LogP contribution in [0.4, 0.5) is 15.8 Å². The van der Waals surface area contributed by atoms with E-state index in [2.05, 4.69) is 4.90 Å². The molecule has 3 aromatic rings. The maximum atomic E-state index is 13.9. The van der Waals surface area contributed by atoms with Crippen molar-refractivity contribution in [3.05, 3.63) is 69.3 Å². The zero-order valence-electron chi connectivity index (χ0n) is 14.3. The maximum Gasteiger partial charge on any atom is 0.269 e. The molecule has 138 valence electrons. The van der Waals surface area contributed by atoms with Gasteiger partial charge in [0, 0.05) is 54.1 Å². The van der Waals surface area contributed by atoms with Crippen molar-refractivity contribution in [2.45, 2.75) is 0 Å². The van der Waals surface area contributed by atoms with Crippen molar-refractivity contribution < 1.29 is 14.1 Å². The number of nitrogens with zero attached hydrogens (tertiary/aromatic N) is 3. The molecule has 1 fully saturated rings. The number of rotatable bonds is 3. The number of amides is 1. The third kappa shape index (κ3) is 3.35. The summed E-state index contributed by atoms with van der Waals surface area (Å²) in [6.45, 7) is 2.38. The molecule has 1 aliphatic rings. The molecule has 0 bridgehead atoms. The zero-order valence-corrected chi connectivity index (χ0v) is 15.1. The zero-order chi connectivity index (χ0) is 19.0. The lowest BCUT2D eigenvalue weighted by atomic mass is 10.2. The molecule has 8 heteroatoms. The SMILES string of the molecule is O=C(c1cc2c(F)cccc2s1)N1CCN(c2ccc([N+](=O)[O-])cc2)CC1. The van der Waals surface area contributed by atoms with E-state index >= 15 is 0 Å². The number of benzene rings is 2. The fourth-order valence-electron chi connectivity index (χ4n) is 3.24. The molecule has 0 atom stereocenters. The monoisotopic (exact) mass is 385 g/mol. The first-order valence-electron chi connectivity index (χ1n) is 8.49. The Labute approximate surface area is 158 Å². The highest BCUT2D eigenvalue weighted by molar-refractivity contribution is 7.20. The van der Waals surface area contributed by atoms with E-state index in [4.69, 9.17) is 0 Å². The predicted molar refractivity (Wildman–Crippen MR) is 103 cm³/mol. The number of halogens is 1. The number of carbonyl (C=O) groups is 1. The Bertz CT molecular complexity index is 1010. The Kier molecular flexibility index (Phi) is 4.49. The van der Waals surface area contributed by atoms with Crippen molar-refractivity contribution in [2.75, 3.05) is 31.1 Å². The van der Waals surface area contributed by atoms with E-state index in [-0.39, 0.29) is 17.4 Å². The molecule has 27 heavy (non-hydrogen) atoms. The van der Waals surface area contributed by atoms with E-state index in [1.807, 2.05) is 6.07 Å². The lowest BCUT2D eigenvalue weighted by Gasteiger charge is -2.35. The molecule has 1 aromatic heterocycles. The minimum Gasteiger partial charge on any atom is -0.368 e. The summed E-state index contributed by atoms with van der Waals surface area (Å²) in [4.78, 5) is 27.5. The van der Waals surface area contributed by atoms with Gasteiger partial charge in [0.1, 0.15) is 5.82 Å². The van der Waals surface area contributed by atoms with Crippen LogP contribution in [0.1, 0.15) is 9.67 Å². The van der Waals surface area contributed by atoms with E-state index in [1.165, 1.54) is 29.5 Å².